The van der Waals surface area contributed by atoms with Crippen LogP contribution in [0.25, 0.3) is 0 Å². The van der Waals surface area contributed by atoms with Gasteiger partial charge in [0.15, 0.2) is 0 Å². The van der Waals surface area contributed by atoms with E-state index in [2.05, 4.69) is 10.5 Å². The lowest BCUT2D eigenvalue weighted by molar-refractivity contribution is -0.121. The number of nitrogens with one attached hydrogen (secondary N) is 1. The topological polar surface area (TPSA) is 63.5 Å². The molecule has 18 heavy (non-hydrogen) atoms. The van der Waals surface area contributed by atoms with Crippen molar-refractivity contribution in [2.75, 3.05) is 0 Å². The summed E-state index contributed by atoms with van der Waals surface area (Å²) in [4.78, 5) is 23.0. The van der Waals surface area contributed by atoms with Crippen LogP contribution in [0.2, 0.25) is 0 Å². The van der Waals surface area contributed by atoms with Crippen molar-refractivity contribution in [1.82, 2.24) is 9.99 Å². The van der Waals surface area contributed by atoms with Gasteiger partial charge >= 0.3 is 0 Å². The second kappa shape index (κ2) is 5.44. The number of carbonyl (C=O) groups excluding carboxylic acids is 1. The van der Waals surface area contributed by atoms with Crippen molar-refractivity contribution in [3.05, 3.63) is 46.4 Å². The van der Waals surface area contributed by atoms with Gasteiger partial charge in [0.25, 0.3) is 11.5 Å². The zero-order valence-corrected chi connectivity index (χ0v) is 10.2. The minimum Gasteiger partial charge on any atom is -0.306 e. The molecule has 1 aliphatic rings. The lowest BCUT2D eigenvalue weighted by Crippen LogP contribution is -2.29. The number of amides is 1. The minimum atomic E-state index is -0.297. The maximum atomic E-state index is 11.6. The average Bonchev–Trinajstić information content (AvgIpc) is 2.76. The Balaban J connectivity index is 1.94. The van der Waals surface area contributed by atoms with Gasteiger partial charge in [-0.3, -0.25) is 9.59 Å². The Morgan fingerprint density at radius 2 is 2.28 bits per heavy atom. The second-order valence-corrected chi connectivity index (χ2v) is 4.30. The summed E-state index contributed by atoms with van der Waals surface area (Å²) in [6.07, 6.45) is 5.40. The van der Waals surface area contributed by atoms with E-state index in [4.69, 9.17) is 0 Å². The van der Waals surface area contributed by atoms with Crippen molar-refractivity contribution >= 4 is 11.6 Å². The third kappa shape index (κ3) is 3.16. The highest BCUT2D eigenvalue weighted by Gasteiger charge is 2.07. The van der Waals surface area contributed by atoms with Crippen molar-refractivity contribution in [2.45, 2.75) is 26.3 Å². The Bertz CT molecular complexity index is 570. The first kappa shape index (κ1) is 12.3. The number of nitrogens with zero attached hydrogens (tertiary/aromatic N) is 2. The predicted octanol–water partition coefficient (Wildman–Crippen LogP) is 1.06. The van der Waals surface area contributed by atoms with E-state index < -0.39 is 0 Å². The summed E-state index contributed by atoms with van der Waals surface area (Å²) in [5, 5.41) is 4.02. The molecule has 0 unspecified atom stereocenters. The Morgan fingerprint density at radius 1 is 1.44 bits per heavy atom. The Hall–Kier alpha value is -2.17. The summed E-state index contributed by atoms with van der Waals surface area (Å²) in [6.45, 7) is 2.02. The molecule has 0 aromatic carbocycles. The summed E-state index contributed by atoms with van der Waals surface area (Å²) in [5.41, 5.74) is 4.41. The van der Waals surface area contributed by atoms with E-state index >= 15 is 0 Å². The molecule has 1 aliphatic carbocycles. The molecule has 0 fully saturated rings. The molecule has 0 aliphatic heterocycles. The number of hydrogen-bond acceptors (Lipinski definition) is 3. The van der Waals surface area contributed by atoms with Gasteiger partial charge in [0.2, 0.25) is 0 Å². The van der Waals surface area contributed by atoms with Crippen LogP contribution < -0.4 is 11.0 Å². The molecular formula is C13H15N3O2. The number of hydrazone groups is 1. The first-order valence-electron chi connectivity index (χ1n) is 5.83. The number of aromatic nitrogens is 1. The molecule has 5 nitrogen and oxygen atoms in total. The van der Waals surface area contributed by atoms with Crippen LogP contribution in [0.5, 0.6) is 0 Å². The normalized spacial score (nSPS) is 16.7. The van der Waals surface area contributed by atoms with Crippen molar-refractivity contribution in [1.29, 1.82) is 0 Å². The Morgan fingerprint density at radius 3 is 2.94 bits per heavy atom. The molecule has 0 saturated carbocycles. The summed E-state index contributed by atoms with van der Waals surface area (Å²) in [5.74, 6) is -0.297. The molecule has 1 aromatic heterocycles. The minimum absolute atomic E-state index is 0.0147. The molecule has 2 rings (SSSR count). The average molecular weight is 245 g/mol. The number of rotatable bonds is 3. The third-order valence-corrected chi connectivity index (χ3v) is 2.73. The summed E-state index contributed by atoms with van der Waals surface area (Å²) in [7, 11) is 0. The van der Waals surface area contributed by atoms with E-state index in [1.807, 2.05) is 13.0 Å². The van der Waals surface area contributed by atoms with Gasteiger partial charge in [0.1, 0.15) is 6.54 Å². The van der Waals surface area contributed by atoms with Crippen LogP contribution in [0.4, 0.5) is 0 Å². The number of hydrogen-bond donors (Lipinski definition) is 1. The highest BCUT2D eigenvalue weighted by molar-refractivity contribution is 5.98. The van der Waals surface area contributed by atoms with E-state index in [0.717, 1.165) is 18.6 Å². The second-order valence-electron chi connectivity index (χ2n) is 4.30. The van der Waals surface area contributed by atoms with Crippen LogP contribution in [0.3, 0.4) is 0 Å². The largest absolute Gasteiger partial charge is 0.306 e. The van der Waals surface area contributed by atoms with E-state index in [0.29, 0.717) is 0 Å². The molecule has 0 bridgehead atoms. The number of allylic oxidation sites excluding steroid dienone is 2. The van der Waals surface area contributed by atoms with Gasteiger partial charge in [-0.1, -0.05) is 11.6 Å². The van der Waals surface area contributed by atoms with Gasteiger partial charge in [-0.25, -0.2) is 5.43 Å². The van der Waals surface area contributed by atoms with Crippen molar-refractivity contribution in [3.63, 3.8) is 0 Å². The van der Waals surface area contributed by atoms with Crippen LogP contribution in [0.1, 0.15) is 19.8 Å². The lowest BCUT2D eigenvalue weighted by atomic mass is 10.3. The first-order valence-corrected chi connectivity index (χ1v) is 5.83. The van der Waals surface area contributed by atoms with Crippen molar-refractivity contribution in [2.24, 2.45) is 5.10 Å². The molecule has 1 N–H and O–H groups in total. The van der Waals surface area contributed by atoms with E-state index in [1.165, 1.54) is 16.2 Å². The van der Waals surface area contributed by atoms with Gasteiger partial charge in [-0.05, 0) is 31.9 Å². The Kier molecular flexibility index (Phi) is 3.72. The maximum Gasteiger partial charge on any atom is 0.260 e. The SMILES string of the molecule is CC1=C/C(=N/NC(=O)Cn2ccccc2=O)CC1. The van der Waals surface area contributed by atoms with Gasteiger partial charge < -0.3 is 4.57 Å². The molecule has 1 heterocycles. The van der Waals surface area contributed by atoms with Gasteiger partial charge in [-0.2, -0.15) is 5.10 Å². The lowest BCUT2D eigenvalue weighted by Gasteiger charge is -2.03. The highest BCUT2D eigenvalue weighted by Crippen LogP contribution is 2.14. The molecular weight excluding hydrogens is 230 g/mol. The standard InChI is InChI=1S/C13H15N3O2/c1-10-5-6-11(8-10)14-15-12(17)9-16-7-3-2-4-13(16)18/h2-4,7-8H,5-6,9H2,1H3,(H,15,17)/b14-11+. The zero-order chi connectivity index (χ0) is 13.0. The fraction of sp³-hybridized carbons (Fsp3) is 0.308. The van der Waals surface area contributed by atoms with Gasteiger partial charge in [0, 0.05) is 12.3 Å². The predicted molar refractivity (Wildman–Crippen MR) is 69.3 cm³/mol. The zero-order valence-electron chi connectivity index (χ0n) is 10.2. The van der Waals surface area contributed by atoms with Crippen molar-refractivity contribution in [3.8, 4) is 0 Å². The van der Waals surface area contributed by atoms with Gasteiger partial charge in [0.05, 0.1) is 5.71 Å². The summed E-state index contributed by atoms with van der Waals surface area (Å²) >= 11 is 0. The maximum absolute atomic E-state index is 11.6. The van der Waals surface area contributed by atoms with E-state index in [9.17, 15) is 9.59 Å². The first-order chi connectivity index (χ1) is 8.65. The smallest absolute Gasteiger partial charge is 0.260 e. The monoisotopic (exact) mass is 245 g/mol. The van der Waals surface area contributed by atoms with Gasteiger partial charge in [-0.15, -0.1) is 0 Å². The fourth-order valence-corrected chi connectivity index (χ4v) is 1.76. The van der Waals surface area contributed by atoms with Crippen LogP contribution in [-0.2, 0) is 11.3 Å². The van der Waals surface area contributed by atoms with E-state index in [-0.39, 0.29) is 18.0 Å². The highest BCUT2D eigenvalue weighted by atomic mass is 16.2. The molecule has 5 heteroatoms. The fourth-order valence-electron chi connectivity index (χ4n) is 1.76. The van der Waals surface area contributed by atoms with Crippen LogP contribution in [-0.4, -0.2) is 16.2 Å². The van der Waals surface area contributed by atoms with Crippen molar-refractivity contribution < 1.29 is 4.79 Å². The van der Waals surface area contributed by atoms with Crippen LogP contribution in [0, 0.1) is 0 Å². The molecule has 1 amide bonds. The molecule has 0 radical (unpaired) electrons. The quantitative estimate of drug-likeness (QED) is 0.809. The van der Waals surface area contributed by atoms with Crippen LogP contribution in [0.15, 0.2) is 45.9 Å². The van der Waals surface area contributed by atoms with E-state index in [1.54, 1.807) is 18.3 Å². The Labute approximate surface area is 105 Å². The molecule has 94 valence electrons. The number of carbonyl (C=O) groups is 1. The summed E-state index contributed by atoms with van der Waals surface area (Å²) in [6, 6.07) is 4.77. The summed E-state index contributed by atoms with van der Waals surface area (Å²) < 4.78 is 1.34. The number of pyridine rings is 1. The van der Waals surface area contributed by atoms with Crippen LogP contribution >= 0.6 is 0 Å². The molecule has 0 saturated heterocycles. The molecule has 0 atom stereocenters. The molecule has 1 aromatic rings. The molecule has 0 spiro atoms. The third-order valence-electron chi connectivity index (χ3n) is 2.73.